The minimum Gasteiger partial charge on any atom is -0.494 e. The van der Waals surface area contributed by atoms with Gasteiger partial charge in [-0.05, 0) is 68.6 Å². The highest BCUT2D eigenvalue weighted by Crippen LogP contribution is 2.32. The molecule has 8 heteroatoms. The van der Waals surface area contributed by atoms with Crippen molar-refractivity contribution in [2.75, 3.05) is 26.2 Å². The van der Waals surface area contributed by atoms with Crippen molar-refractivity contribution in [1.82, 2.24) is 10.1 Å². The monoisotopic (exact) mass is 441 g/mol. The quantitative estimate of drug-likeness (QED) is 0.490. The lowest BCUT2D eigenvalue weighted by Crippen LogP contribution is -2.34. The molecule has 1 atom stereocenters. The average Bonchev–Trinajstić information content (AvgIpc) is 3.21. The number of carboxylic acids is 1. The van der Waals surface area contributed by atoms with E-state index in [2.05, 4.69) is 10.1 Å². The first-order valence-corrected chi connectivity index (χ1v) is 11.0. The van der Waals surface area contributed by atoms with Gasteiger partial charge in [0.2, 0.25) is 0 Å². The van der Waals surface area contributed by atoms with Gasteiger partial charge in [-0.1, -0.05) is 17.3 Å². The zero-order valence-corrected chi connectivity index (χ0v) is 17.9. The summed E-state index contributed by atoms with van der Waals surface area (Å²) < 4.78 is 24.5. The summed E-state index contributed by atoms with van der Waals surface area (Å²) in [5.74, 6) is -0.206. The number of fused-ring (bicyclic) bond motifs is 1. The van der Waals surface area contributed by atoms with Crippen LogP contribution in [0.25, 0.3) is 11.0 Å². The predicted octanol–water partition coefficient (Wildman–Crippen LogP) is 3.57. The summed E-state index contributed by atoms with van der Waals surface area (Å²) in [6.45, 7) is 3.55. The van der Waals surface area contributed by atoms with Crippen molar-refractivity contribution >= 4 is 16.9 Å². The van der Waals surface area contributed by atoms with Gasteiger partial charge in [0.05, 0.1) is 12.3 Å². The Morgan fingerprint density at radius 2 is 2.00 bits per heavy atom. The molecule has 1 aliphatic heterocycles. The van der Waals surface area contributed by atoms with E-state index < -0.39 is 12.0 Å². The molecule has 3 N–H and O–H groups in total. The summed E-state index contributed by atoms with van der Waals surface area (Å²) in [6.07, 6.45) is 3.22. The van der Waals surface area contributed by atoms with Gasteiger partial charge in [-0.25, -0.2) is 4.39 Å². The fourth-order valence-corrected chi connectivity index (χ4v) is 4.20. The zero-order valence-electron chi connectivity index (χ0n) is 17.9. The molecule has 1 saturated heterocycles. The first-order valence-electron chi connectivity index (χ1n) is 11.0. The lowest BCUT2D eigenvalue weighted by molar-refractivity contribution is -0.138. The van der Waals surface area contributed by atoms with Gasteiger partial charge in [-0.3, -0.25) is 4.79 Å². The first-order chi connectivity index (χ1) is 15.5. The molecule has 170 valence electrons. The van der Waals surface area contributed by atoms with Crippen LogP contribution >= 0.6 is 0 Å². The van der Waals surface area contributed by atoms with Crippen LogP contribution in [0.5, 0.6) is 5.75 Å². The summed E-state index contributed by atoms with van der Waals surface area (Å²) in [4.78, 5) is 13.3. The Hall–Kier alpha value is -2.97. The number of hydrogen-bond donors (Lipinski definition) is 2. The Morgan fingerprint density at radius 3 is 2.72 bits per heavy atom. The molecule has 0 aliphatic carbocycles. The van der Waals surface area contributed by atoms with Gasteiger partial charge in [-0.15, -0.1) is 0 Å². The van der Waals surface area contributed by atoms with E-state index in [-0.39, 0.29) is 5.82 Å². The molecule has 1 fully saturated rings. The maximum Gasteiger partial charge on any atom is 0.320 e. The topological polar surface area (TPSA) is 102 Å². The molecule has 1 aliphatic rings. The van der Waals surface area contributed by atoms with E-state index in [1.165, 1.54) is 12.1 Å². The number of ether oxygens (including phenoxy) is 1. The molecular weight excluding hydrogens is 413 g/mol. The molecule has 0 spiro atoms. The van der Waals surface area contributed by atoms with Gasteiger partial charge in [0.1, 0.15) is 17.6 Å². The molecule has 4 rings (SSSR count). The lowest BCUT2D eigenvalue weighted by Gasteiger charge is -2.31. The number of piperidine rings is 1. The maximum atomic E-state index is 13.4. The van der Waals surface area contributed by atoms with Gasteiger partial charge in [0.15, 0.2) is 5.58 Å². The Kier molecular flexibility index (Phi) is 7.02. The predicted molar refractivity (Wildman–Crippen MR) is 118 cm³/mol. The standard InChI is InChI=1S/C24H28FN3O4/c25-18-4-7-20-22(15-18)32-27-23(20)17-8-11-28(12-9-17)10-1-13-31-19-5-2-16(3-6-19)14-21(26)24(29)30/h2-7,15,17,21H,1,8-14,26H2,(H,29,30)/t21-/m0/s1. The Labute approximate surface area is 185 Å². The third-order valence-corrected chi connectivity index (χ3v) is 6.02. The van der Waals surface area contributed by atoms with Crippen molar-refractivity contribution in [2.45, 2.75) is 37.6 Å². The molecule has 0 saturated carbocycles. The molecule has 2 aromatic carbocycles. The van der Waals surface area contributed by atoms with Crippen LogP contribution in [-0.2, 0) is 11.2 Å². The molecular formula is C24H28FN3O4. The van der Waals surface area contributed by atoms with E-state index in [4.69, 9.17) is 20.1 Å². The number of carboxylic acid groups (broad SMARTS) is 1. The highest BCUT2D eigenvalue weighted by molar-refractivity contribution is 5.79. The van der Waals surface area contributed by atoms with Gasteiger partial charge < -0.3 is 25.0 Å². The van der Waals surface area contributed by atoms with E-state index in [1.54, 1.807) is 6.07 Å². The maximum absolute atomic E-state index is 13.4. The van der Waals surface area contributed by atoms with E-state index in [0.717, 1.165) is 61.3 Å². The van der Waals surface area contributed by atoms with Crippen LogP contribution in [0.1, 0.15) is 36.4 Å². The first kappa shape index (κ1) is 22.2. The van der Waals surface area contributed by atoms with Crippen LogP contribution < -0.4 is 10.5 Å². The number of nitrogens with zero attached hydrogens (tertiary/aromatic N) is 2. The second kappa shape index (κ2) is 10.1. The number of benzene rings is 2. The minimum absolute atomic E-state index is 0.298. The molecule has 0 unspecified atom stereocenters. The van der Waals surface area contributed by atoms with Gasteiger partial charge >= 0.3 is 5.97 Å². The number of hydrogen-bond acceptors (Lipinski definition) is 6. The highest BCUT2D eigenvalue weighted by atomic mass is 19.1. The largest absolute Gasteiger partial charge is 0.494 e. The fourth-order valence-electron chi connectivity index (χ4n) is 4.20. The number of aliphatic carboxylic acids is 1. The zero-order chi connectivity index (χ0) is 22.5. The summed E-state index contributed by atoms with van der Waals surface area (Å²) in [5.41, 5.74) is 7.89. The van der Waals surface area contributed by atoms with E-state index in [9.17, 15) is 9.18 Å². The molecule has 2 heterocycles. The summed E-state index contributed by atoms with van der Waals surface area (Å²) in [7, 11) is 0. The smallest absolute Gasteiger partial charge is 0.320 e. The van der Waals surface area contributed by atoms with Gasteiger partial charge in [0.25, 0.3) is 0 Å². The van der Waals surface area contributed by atoms with Crippen molar-refractivity contribution in [2.24, 2.45) is 5.73 Å². The van der Waals surface area contributed by atoms with Crippen LogP contribution in [0.15, 0.2) is 47.0 Å². The van der Waals surface area contributed by atoms with Crippen molar-refractivity contribution < 1.29 is 23.6 Å². The molecule has 0 bridgehead atoms. The van der Waals surface area contributed by atoms with Crippen LogP contribution in [0.2, 0.25) is 0 Å². The number of halogens is 1. The molecule has 0 amide bonds. The van der Waals surface area contributed by atoms with Gasteiger partial charge in [-0.2, -0.15) is 0 Å². The van der Waals surface area contributed by atoms with Crippen LogP contribution in [-0.4, -0.2) is 53.4 Å². The Balaban J connectivity index is 1.17. The third kappa shape index (κ3) is 5.44. The van der Waals surface area contributed by atoms with E-state index >= 15 is 0 Å². The van der Waals surface area contributed by atoms with Crippen LogP contribution in [0, 0.1) is 5.82 Å². The molecule has 0 radical (unpaired) electrons. The normalized spacial score (nSPS) is 16.3. The molecule has 3 aromatic rings. The summed E-state index contributed by atoms with van der Waals surface area (Å²) >= 11 is 0. The number of rotatable bonds is 9. The van der Waals surface area contributed by atoms with Crippen molar-refractivity contribution in [3.63, 3.8) is 0 Å². The number of carbonyl (C=O) groups is 1. The molecule has 32 heavy (non-hydrogen) atoms. The average molecular weight is 442 g/mol. The van der Waals surface area contributed by atoms with Crippen molar-refractivity contribution in [1.29, 1.82) is 0 Å². The van der Waals surface area contributed by atoms with Crippen LogP contribution in [0.4, 0.5) is 4.39 Å². The van der Waals surface area contributed by atoms with Crippen LogP contribution in [0.3, 0.4) is 0 Å². The Bertz CT molecular complexity index is 1050. The second-order valence-electron chi connectivity index (χ2n) is 8.32. The molecule has 1 aromatic heterocycles. The number of likely N-dealkylation sites (tertiary alicyclic amines) is 1. The van der Waals surface area contributed by atoms with E-state index in [1.807, 2.05) is 24.3 Å². The lowest BCUT2D eigenvalue weighted by atomic mass is 9.91. The number of nitrogens with two attached hydrogens (primary N) is 1. The molecule has 7 nitrogen and oxygen atoms in total. The highest BCUT2D eigenvalue weighted by Gasteiger charge is 2.25. The van der Waals surface area contributed by atoms with Gasteiger partial charge in [0, 0.05) is 23.9 Å². The third-order valence-electron chi connectivity index (χ3n) is 6.02. The SMILES string of the molecule is N[C@@H](Cc1ccc(OCCCN2CCC(c3noc4cc(F)ccc34)CC2)cc1)C(=O)O. The van der Waals surface area contributed by atoms with E-state index in [0.29, 0.717) is 24.5 Å². The van der Waals surface area contributed by atoms with Crippen molar-refractivity contribution in [3.05, 3.63) is 59.5 Å². The van der Waals surface area contributed by atoms with Crippen molar-refractivity contribution in [3.8, 4) is 5.75 Å². The summed E-state index contributed by atoms with van der Waals surface area (Å²) in [6, 6.07) is 11.1. The second-order valence-corrected chi connectivity index (χ2v) is 8.32. The Morgan fingerprint density at radius 1 is 1.25 bits per heavy atom. The fraction of sp³-hybridized carbons (Fsp3) is 0.417. The summed E-state index contributed by atoms with van der Waals surface area (Å²) in [5, 5.41) is 14.0. The minimum atomic E-state index is -1.00. The number of aromatic nitrogens is 1.